The lowest BCUT2D eigenvalue weighted by molar-refractivity contribution is -0.138. The number of rotatable bonds is 4. The average molecular weight is 361 g/mol. The molecule has 0 saturated carbocycles. The molecular weight excluding hydrogens is 342 g/mol. The first-order valence-corrected chi connectivity index (χ1v) is 8.59. The number of hydrogen-bond acceptors (Lipinski definition) is 8. The molecule has 0 unspecified atom stereocenters. The Morgan fingerprint density at radius 3 is 2.68 bits per heavy atom. The second-order valence-electron chi connectivity index (χ2n) is 6.50. The molecule has 1 aromatic heterocycles. The molecule has 0 atom stereocenters. The number of carbonyl (C=O) groups excluding carboxylic acids is 2. The van der Waals surface area contributed by atoms with Crippen LogP contribution in [0, 0.1) is 16.7 Å². The van der Waals surface area contributed by atoms with Gasteiger partial charge < -0.3 is 9.84 Å². The third-order valence-electron chi connectivity index (χ3n) is 3.70. The predicted octanol–water partition coefficient (Wildman–Crippen LogP) is 4.21. The number of esters is 1. The average Bonchev–Trinajstić information content (AvgIpc) is 2.83. The molecule has 0 radical (unpaired) electrons. The lowest BCUT2D eigenvalue weighted by Gasteiger charge is -2.28. The van der Waals surface area contributed by atoms with Crippen LogP contribution in [0.4, 0.5) is 5.00 Å². The minimum atomic E-state index is -0.803. The number of aliphatic hydroxyl groups is 1. The summed E-state index contributed by atoms with van der Waals surface area (Å²) in [5.74, 6) is -1.16. The van der Waals surface area contributed by atoms with Crippen LogP contribution < -0.4 is 0 Å². The summed E-state index contributed by atoms with van der Waals surface area (Å²) >= 11 is 1.09. The van der Waals surface area contributed by atoms with Crippen molar-refractivity contribution in [2.45, 2.75) is 40.5 Å². The summed E-state index contributed by atoms with van der Waals surface area (Å²) in [4.78, 5) is 24.6. The smallest absolute Gasteiger partial charge is 0.362 e. The van der Waals surface area contributed by atoms with E-state index in [4.69, 9.17) is 4.74 Å². The summed E-state index contributed by atoms with van der Waals surface area (Å²) in [6, 6.07) is 2.08. The first-order valence-electron chi connectivity index (χ1n) is 7.78. The highest BCUT2D eigenvalue weighted by Gasteiger charge is 2.35. The number of fused-ring (bicyclic) bond motifs is 1. The normalized spacial score (nSPS) is 17.0. The Kier molecular flexibility index (Phi) is 5.38. The molecule has 0 amide bonds. The van der Waals surface area contributed by atoms with E-state index in [0.717, 1.165) is 11.3 Å². The molecule has 7 nitrogen and oxygen atoms in total. The van der Waals surface area contributed by atoms with Gasteiger partial charge in [0.05, 0.1) is 17.0 Å². The molecule has 1 aliphatic carbocycles. The van der Waals surface area contributed by atoms with Crippen molar-refractivity contribution in [1.82, 2.24) is 0 Å². The number of azo groups is 1. The van der Waals surface area contributed by atoms with Crippen molar-refractivity contribution < 1.29 is 19.4 Å². The van der Waals surface area contributed by atoms with Crippen molar-refractivity contribution >= 4 is 28.1 Å². The maximum Gasteiger partial charge on any atom is 0.362 e. The van der Waals surface area contributed by atoms with Gasteiger partial charge in [-0.3, -0.25) is 4.79 Å². The predicted molar refractivity (Wildman–Crippen MR) is 91.9 cm³/mol. The summed E-state index contributed by atoms with van der Waals surface area (Å²) in [5, 5.41) is 27.0. The standard InChI is InChI=1S/C17H19N3O4S/c1-5-24-16(23)13(9(2)21)19-20-15-11(8-18)10-6-17(3,4)7-12(22)14(10)25-15/h21H,5-7H2,1-4H3/b13-9-,20-19?. The van der Waals surface area contributed by atoms with Gasteiger partial charge >= 0.3 is 5.97 Å². The zero-order valence-corrected chi connectivity index (χ0v) is 15.4. The molecule has 0 aliphatic heterocycles. The maximum atomic E-state index is 12.3. The fourth-order valence-corrected chi connectivity index (χ4v) is 3.67. The minimum absolute atomic E-state index is 0.0197. The monoisotopic (exact) mass is 361 g/mol. The van der Waals surface area contributed by atoms with Crippen molar-refractivity contribution in [1.29, 1.82) is 5.26 Å². The summed E-state index contributed by atoms with van der Waals surface area (Å²) in [5.41, 5.74) is 0.431. The molecule has 0 fully saturated rings. The van der Waals surface area contributed by atoms with Crippen molar-refractivity contribution in [2.24, 2.45) is 15.6 Å². The van der Waals surface area contributed by atoms with Gasteiger partial charge in [0.2, 0.25) is 5.70 Å². The van der Waals surface area contributed by atoms with Gasteiger partial charge in [0.15, 0.2) is 10.8 Å². The van der Waals surface area contributed by atoms with Gasteiger partial charge in [-0.2, -0.15) is 5.26 Å². The molecule has 0 saturated heterocycles. The van der Waals surface area contributed by atoms with E-state index in [2.05, 4.69) is 16.3 Å². The van der Waals surface area contributed by atoms with Gasteiger partial charge in [0.1, 0.15) is 11.8 Å². The van der Waals surface area contributed by atoms with Gasteiger partial charge in [-0.1, -0.05) is 13.8 Å². The quantitative estimate of drug-likeness (QED) is 0.373. The highest BCUT2D eigenvalue weighted by Crippen LogP contribution is 2.44. The Hall–Kier alpha value is -2.53. The fourth-order valence-electron chi connectivity index (χ4n) is 2.64. The number of thiophene rings is 1. The molecule has 1 aromatic rings. The number of allylic oxidation sites excluding steroid dienone is 1. The molecule has 0 spiro atoms. The Balaban J connectivity index is 2.45. The van der Waals surface area contributed by atoms with E-state index in [9.17, 15) is 20.0 Å². The zero-order valence-electron chi connectivity index (χ0n) is 14.5. The van der Waals surface area contributed by atoms with Crippen LogP contribution >= 0.6 is 11.3 Å². The van der Waals surface area contributed by atoms with Crippen molar-refractivity contribution in [3.05, 3.63) is 27.5 Å². The Morgan fingerprint density at radius 2 is 2.12 bits per heavy atom. The highest BCUT2D eigenvalue weighted by atomic mass is 32.1. The first kappa shape index (κ1) is 18.8. The zero-order chi connectivity index (χ0) is 18.8. The van der Waals surface area contributed by atoms with Crippen molar-refractivity contribution in [2.75, 3.05) is 6.61 Å². The second kappa shape index (κ2) is 7.15. The molecule has 25 heavy (non-hydrogen) atoms. The van der Waals surface area contributed by atoms with E-state index in [1.807, 2.05) is 13.8 Å². The molecule has 8 heteroatoms. The molecule has 1 N–H and O–H groups in total. The van der Waals surface area contributed by atoms with E-state index in [-0.39, 0.29) is 34.3 Å². The Bertz CT molecular complexity index is 824. The maximum absolute atomic E-state index is 12.3. The van der Waals surface area contributed by atoms with Crippen LogP contribution in [0.15, 0.2) is 21.7 Å². The topological polar surface area (TPSA) is 112 Å². The third-order valence-corrected chi connectivity index (χ3v) is 4.86. The summed E-state index contributed by atoms with van der Waals surface area (Å²) in [7, 11) is 0. The van der Waals surface area contributed by atoms with Crippen LogP contribution in [0.5, 0.6) is 0 Å². The van der Waals surface area contributed by atoms with Crippen LogP contribution in [-0.4, -0.2) is 23.5 Å². The van der Waals surface area contributed by atoms with Crippen LogP contribution in [-0.2, 0) is 16.0 Å². The Labute approximate surface area is 149 Å². The molecule has 132 valence electrons. The lowest BCUT2D eigenvalue weighted by Crippen LogP contribution is -2.25. The van der Waals surface area contributed by atoms with Gasteiger partial charge in [-0.05, 0) is 31.2 Å². The lowest BCUT2D eigenvalue weighted by atomic mass is 9.75. The van der Waals surface area contributed by atoms with Crippen LogP contribution in [0.25, 0.3) is 0 Å². The van der Waals surface area contributed by atoms with Crippen LogP contribution in [0.1, 0.15) is 54.9 Å². The molecule has 0 aromatic carbocycles. The van der Waals surface area contributed by atoms with Crippen molar-refractivity contribution in [3.63, 3.8) is 0 Å². The highest BCUT2D eigenvalue weighted by molar-refractivity contribution is 7.18. The van der Waals surface area contributed by atoms with Crippen molar-refractivity contribution in [3.8, 4) is 6.07 Å². The molecule has 0 bridgehead atoms. The van der Waals surface area contributed by atoms with E-state index in [0.29, 0.717) is 28.8 Å². The molecule has 1 aliphatic rings. The first-order chi connectivity index (χ1) is 11.7. The number of nitrogens with zero attached hydrogens (tertiary/aromatic N) is 3. The number of Topliss-reactive ketones (excluding diaryl/α,β-unsaturated/α-hetero) is 1. The van der Waals surface area contributed by atoms with E-state index in [1.54, 1.807) is 6.92 Å². The van der Waals surface area contributed by atoms with Crippen LogP contribution in [0.2, 0.25) is 0 Å². The fraction of sp³-hybridized carbons (Fsp3) is 0.471. The van der Waals surface area contributed by atoms with E-state index >= 15 is 0 Å². The van der Waals surface area contributed by atoms with Gasteiger partial charge in [-0.25, -0.2) is 4.79 Å². The van der Waals surface area contributed by atoms with Gasteiger partial charge in [0.25, 0.3) is 0 Å². The number of carbonyl (C=O) groups is 2. The Morgan fingerprint density at radius 1 is 1.44 bits per heavy atom. The van der Waals surface area contributed by atoms with Gasteiger partial charge in [0, 0.05) is 6.42 Å². The van der Waals surface area contributed by atoms with E-state index < -0.39 is 5.97 Å². The summed E-state index contributed by atoms with van der Waals surface area (Å²) in [6.45, 7) is 7.01. The largest absolute Gasteiger partial charge is 0.510 e. The second-order valence-corrected chi connectivity index (χ2v) is 7.50. The number of aliphatic hydroxyl groups excluding tert-OH is 1. The van der Waals surface area contributed by atoms with E-state index in [1.165, 1.54) is 6.92 Å². The summed E-state index contributed by atoms with van der Waals surface area (Å²) in [6.07, 6.45) is 1.01. The molecule has 1 heterocycles. The molecular formula is C17H19N3O4S. The number of ether oxygens (including phenoxy) is 1. The third kappa shape index (κ3) is 3.94. The SMILES string of the molecule is CCOC(=O)/C(N=Nc1sc2c(c1C#N)CC(C)(C)CC2=O)=C(\C)O. The van der Waals surface area contributed by atoms with Gasteiger partial charge in [-0.15, -0.1) is 21.6 Å². The van der Waals surface area contributed by atoms with Crippen LogP contribution in [0.3, 0.4) is 0 Å². The number of hydrogen-bond donors (Lipinski definition) is 1. The molecule has 2 rings (SSSR count). The summed E-state index contributed by atoms with van der Waals surface area (Å²) < 4.78 is 4.81. The number of ketones is 1. The number of nitriles is 1. The minimum Gasteiger partial charge on any atom is -0.510 e.